The van der Waals surface area contributed by atoms with Crippen LogP contribution < -0.4 is 5.32 Å². The Kier molecular flexibility index (Phi) is 4.54. The minimum absolute atomic E-state index is 1.02. The molecule has 0 fully saturated rings. The molecular formula is C17H21NS. The molecule has 0 atom stereocenters. The van der Waals surface area contributed by atoms with Crippen molar-refractivity contribution in [2.75, 3.05) is 12.4 Å². The molecule has 0 saturated heterocycles. The third kappa shape index (κ3) is 3.54. The number of thioether (sulfide) groups is 1. The number of hydrogen-bond acceptors (Lipinski definition) is 2. The van der Waals surface area contributed by atoms with Gasteiger partial charge in [-0.2, -0.15) is 0 Å². The Hall–Kier alpha value is -1.41. The fourth-order valence-corrected chi connectivity index (χ4v) is 3.39. The third-order valence-electron chi connectivity index (χ3n) is 3.23. The lowest BCUT2D eigenvalue weighted by molar-refractivity contribution is 1.18. The lowest BCUT2D eigenvalue weighted by Gasteiger charge is -2.11. The average Bonchev–Trinajstić information content (AvgIpc) is 2.38. The second kappa shape index (κ2) is 6.16. The van der Waals surface area contributed by atoms with E-state index in [1.807, 2.05) is 18.8 Å². The molecule has 0 bridgehead atoms. The molecule has 0 aliphatic rings. The van der Waals surface area contributed by atoms with Crippen molar-refractivity contribution in [2.45, 2.75) is 31.4 Å². The lowest BCUT2D eigenvalue weighted by Crippen LogP contribution is -1.90. The number of anilines is 1. The van der Waals surface area contributed by atoms with Gasteiger partial charge in [0.1, 0.15) is 0 Å². The van der Waals surface area contributed by atoms with E-state index in [-0.39, 0.29) is 0 Å². The Labute approximate surface area is 120 Å². The highest BCUT2D eigenvalue weighted by Gasteiger charge is 2.05. The Morgan fingerprint density at radius 3 is 2.05 bits per heavy atom. The maximum absolute atomic E-state index is 3.15. The molecule has 0 amide bonds. The van der Waals surface area contributed by atoms with Crippen molar-refractivity contribution in [1.82, 2.24) is 0 Å². The maximum Gasteiger partial charge on any atom is 0.0337 e. The first-order valence-electron chi connectivity index (χ1n) is 6.57. The van der Waals surface area contributed by atoms with E-state index in [0.29, 0.717) is 0 Å². The van der Waals surface area contributed by atoms with E-state index in [4.69, 9.17) is 0 Å². The monoisotopic (exact) mass is 271 g/mol. The largest absolute Gasteiger partial charge is 0.388 e. The van der Waals surface area contributed by atoms with Gasteiger partial charge in [-0.25, -0.2) is 0 Å². The molecule has 2 aromatic carbocycles. The van der Waals surface area contributed by atoms with Crippen molar-refractivity contribution in [3.8, 4) is 0 Å². The molecule has 0 aromatic heterocycles. The van der Waals surface area contributed by atoms with Crippen molar-refractivity contribution in [3.05, 3.63) is 58.7 Å². The first-order valence-corrected chi connectivity index (χ1v) is 7.56. The molecule has 0 unspecified atom stereocenters. The number of hydrogen-bond donors (Lipinski definition) is 1. The highest BCUT2D eigenvalue weighted by atomic mass is 32.2. The van der Waals surface area contributed by atoms with Crippen LogP contribution in [0.4, 0.5) is 5.69 Å². The van der Waals surface area contributed by atoms with Gasteiger partial charge in [-0.1, -0.05) is 29.8 Å². The second-order valence-corrected chi connectivity index (χ2v) is 5.95. The van der Waals surface area contributed by atoms with Crippen molar-refractivity contribution in [3.63, 3.8) is 0 Å². The van der Waals surface area contributed by atoms with E-state index >= 15 is 0 Å². The Morgan fingerprint density at radius 1 is 0.947 bits per heavy atom. The minimum Gasteiger partial charge on any atom is -0.388 e. The summed E-state index contributed by atoms with van der Waals surface area (Å²) in [5, 5.41) is 3.15. The van der Waals surface area contributed by atoms with E-state index < -0.39 is 0 Å². The van der Waals surface area contributed by atoms with Crippen LogP contribution in [-0.4, -0.2) is 7.05 Å². The Morgan fingerprint density at radius 2 is 1.53 bits per heavy atom. The summed E-state index contributed by atoms with van der Waals surface area (Å²) in [4.78, 5) is 1.42. The summed E-state index contributed by atoms with van der Waals surface area (Å²) in [7, 11) is 1.95. The SMILES string of the molecule is CNc1ccc(CSc2c(C)cc(C)cc2C)cc1. The highest BCUT2D eigenvalue weighted by molar-refractivity contribution is 7.98. The van der Waals surface area contributed by atoms with Gasteiger partial charge in [-0.3, -0.25) is 0 Å². The minimum atomic E-state index is 1.02. The Bertz CT molecular complexity index is 535. The van der Waals surface area contributed by atoms with E-state index in [1.165, 1.54) is 27.1 Å². The first-order chi connectivity index (χ1) is 9.10. The molecule has 2 rings (SSSR count). The summed E-state index contributed by atoms with van der Waals surface area (Å²) in [6, 6.07) is 13.2. The molecule has 0 heterocycles. The van der Waals surface area contributed by atoms with Gasteiger partial charge in [0.25, 0.3) is 0 Å². The topological polar surface area (TPSA) is 12.0 Å². The summed E-state index contributed by atoms with van der Waals surface area (Å²) in [6.07, 6.45) is 0. The molecule has 0 aliphatic carbocycles. The predicted molar refractivity (Wildman–Crippen MR) is 86.2 cm³/mol. The van der Waals surface area contributed by atoms with Crippen LogP contribution in [0.15, 0.2) is 41.3 Å². The van der Waals surface area contributed by atoms with Gasteiger partial charge in [0.2, 0.25) is 0 Å². The van der Waals surface area contributed by atoms with Crippen molar-refractivity contribution in [1.29, 1.82) is 0 Å². The van der Waals surface area contributed by atoms with Gasteiger partial charge in [-0.05, 0) is 49.6 Å². The summed E-state index contributed by atoms with van der Waals surface area (Å²) < 4.78 is 0. The maximum atomic E-state index is 3.15. The molecule has 0 aliphatic heterocycles. The van der Waals surface area contributed by atoms with E-state index in [1.54, 1.807) is 0 Å². The first kappa shape index (κ1) is 14.0. The molecule has 0 spiro atoms. The van der Waals surface area contributed by atoms with Gasteiger partial charge >= 0.3 is 0 Å². The van der Waals surface area contributed by atoms with E-state index in [0.717, 1.165) is 11.4 Å². The molecule has 2 heteroatoms. The zero-order valence-corrected chi connectivity index (χ0v) is 12.9. The van der Waals surface area contributed by atoms with Gasteiger partial charge in [0.15, 0.2) is 0 Å². The van der Waals surface area contributed by atoms with Gasteiger partial charge in [-0.15, -0.1) is 11.8 Å². The van der Waals surface area contributed by atoms with Gasteiger partial charge < -0.3 is 5.32 Å². The summed E-state index contributed by atoms with van der Waals surface area (Å²) in [5.74, 6) is 1.02. The normalized spacial score (nSPS) is 10.5. The quantitative estimate of drug-likeness (QED) is 0.790. The predicted octanol–water partition coefficient (Wildman–Crippen LogP) is 4.95. The van der Waals surface area contributed by atoms with Crippen LogP contribution in [0.25, 0.3) is 0 Å². The zero-order valence-electron chi connectivity index (χ0n) is 12.1. The molecule has 1 nitrogen and oxygen atoms in total. The standard InChI is InChI=1S/C17H21NS/c1-12-9-13(2)17(14(3)10-12)19-11-15-5-7-16(18-4)8-6-15/h5-10,18H,11H2,1-4H3. The fraction of sp³-hybridized carbons (Fsp3) is 0.294. The van der Waals surface area contributed by atoms with Gasteiger partial charge in [0.05, 0.1) is 0 Å². The smallest absolute Gasteiger partial charge is 0.0337 e. The van der Waals surface area contributed by atoms with Crippen LogP contribution in [0.2, 0.25) is 0 Å². The molecular weight excluding hydrogens is 250 g/mol. The summed E-state index contributed by atoms with van der Waals surface area (Å²) in [5.41, 5.74) is 6.64. The molecule has 0 radical (unpaired) electrons. The average molecular weight is 271 g/mol. The van der Waals surface area contributed by atoms with Crippen LogP contribution in [0.5, 0.6) is 0 Å². The van der Waals surface area contributed by atoms with Crippen LogP contribution >= 0.6 is 11.8 Å². The van der Waals surface area contributed by atoms with Crippen LogP contribution in [-0.2, 0) is 5.75 Å². The van der Waals surface area contributed by atoms with Crippen LogP contribution in [0.3, 0.4) is 0 Å². The number of benzene rings is 2. The van der Waals surface area contributed by atoms with Gasteiger partial charge in [0, 0.05) is 23.4 Å². The molecule has 1 N–H and O–H groups in total. The zero-order chi connectivity index (χ0) is 13.8. The van der Waals surface area contributed by atoms with Crippen molar-refractivity contribution in [2.24, 2.45) is 0 Å². The van der Waals surface area contributed by atoms with Crippen molar-refractivity contribution >= 4 is 17.4 Å². The molecule has 100 valence electrons. The molecule has 19 heavy (non-hydrogen) atoms. The van der Waals surface area contributed by atoms with Crippen LogP contribution in [0.1, 0.15) is 22.3 Å². The Balaban J connectivity index is 2.10. The second-order valence-electron chi connectivity index (χ2n) is 4.96. The fourth-order valence-electron chi connectivity index (χ4n) is 2.32. The van der Waals surface area contributed by atoms with E-state index in [2.05, 4.69) is 62.5 Å². The summed E-state index contributed by atoms with van der Waals surface area (Å²) >= 11 is 1.93. The number of aryl methyl sites for hydroxylation is 3. The highest BCUT2D eigenvalue weighted by Crippen LogP contribution is 2.30. The molecule has 2 aromatic rings. The third-order valence-corrected chi connectivity index (χ3v) is 4.64. The number of rotatable bonds is 4. The van der Waals surface area contributed by atoms with Crippen molar-refractivity contribution < 1.29 is 0 Å². The van der Waals surface area contributed by atoms with E-state index in [9.17, 15) is 0 Å². The van der Waals surface area contributed by atoms with Crippen LogP contribution in [0, 0.1) is 20.8 Å². The molecule has 0 saturated carbocycles. The lowest BCUT2D eigenvalue weighted by atomic mass is 10.1. The summed E-state index contributed by atoms with van der Waals surface area (Å²) in [6.45, 7) is 6.56. The number of nitrogens with one attached hydrogen (secondary N) is 1.